The molecule has 1 amide bonds. The van der Waals surface area contributed by atoms with Gasteiger partial charge in [0.15, 0.2) is 23.0 Å². The van der Waals surface area contributed by atoms with E-state index < -0.39 is 17.7 Å². The number of ether oxygens (including phenoxy) is 5. The standard InChI is InChI=1S/C29H29NO8/c1-6-38-24-15-17(7-13-22(24)36-4)26-25(27(31)18-8-14-21(35-3)23(16-18)37-5)28(32)29(33)30(26)19-9-11-20(34-2)12-10-19/h7-16,26,31H,6H2,1-5H3/b27-25-. The molecule has 1 atom stereocenters. The van der Waals surface area contributed by atoms with Gasteiger partial charge in [0.1, 0.15) is 11.5 Å². The molecule has 1 aliphatic heterocycles. The molecule has 1 heterocycles. The number of hydrogen-bond donors (Lipinski definition) is 1. The van der Waals surface area contributed by atoms with Crippen molar-refractivity contribution in [1.82, 2.24) is 0 Å². The molecule has 38 heavy (non-hydrogen) atoms. The molecule has 1 N–H and O–H groups in total. The summed E-state index contributed by atoms with van der Waals surface area (Å²) in [6, 6.07) is 15.7. The van der Waals surface area contributed by atoms with E-state index in [-0.39, 0.29) is 11.3 Å². The van der Waals surface area contributed by atoms with E-state index in [4.69, 9.17) is 23.7 Å². The van der Waals surface area contributed by atoms with Crippen LogP contribution >= 0.6 is 0 Å². The summed E-state index contributed by atoms with van der Waals surface area (Å²) in [4.78, 5) is 28.3. The number of benzene rings is 3. The lowest BCUT2D eigenvalue weighted by molar-refractivity contribution is -0.132. The fourth-order valence-electron chi connectivity index (χ4n) is 4.43. The van der Waals surface area contributed by atoms with E-state index in [2.05, 4.69) is 0 Å². The molecule has 198 valence electrons. The van der Waals surface area contributed by atoms with Crippen LogP contribution in [0.3, 0.4) is 0 Å². The summed E-state index contributed by atoms with van der Waals surface area (Å²) < 4.78 is 27.1. The Kier molecular flexibility index (Phi) is 7.76. The molecule has 4 rings (SSSR count). The van der Waals surface area contributed by atoms with Crippen LogP contribution in [-0.2, 0) is 9.59 Å². The molecule has 0 saturated carbocycles. The van der Waals surface area contributed by atoms with E-state index in [1.165, 1.54) is 33.3 Å². The summed E-state index contributed by atoms with van der Waals surface area (Å²) in [7, 11) is 6.03. The Morgan fingerprint density at radius 2 is 1.42 bits per heavy atom. The van der Waals surface area contributed by atoms with Gasteiger partial charge in [-0.2, -0.15) is 0 Å². The zero-order valence-electron chi connectivity index (χ0n) is 21.8. The molecule has 9 heteroatoms. The van der Waals surface area contributed by atoms with Crippen molar-refractivity contribution < 1.29 is 38.4 Å². The summed E-state index contributed by atoms with van der Waals surface area (Å²) in [5.41, 5.74) is 1.22. The maximum Gasteiger partial charge on any atom is 0.300 e. The van der Waals surface area contributed by atoms with Gasteiger partial charge in [-0.15, -0.1) is 0 Å². The summed E-state index contributed by atoms with van der Waals surface area (Å²) in [6.07, 6.45) is 0. The molecule has 1 saturated heterocycles. The Morgan fingerprint density at radius 3 is 2.03 bits per heavy atom. The zero-order valence-corrected chi connectivity index (χ0v) is 21.8. The first kappa shape index (κ1) is 26.4. The third kappa shape index (κ3) is 4.70. The average molecular weight is 520 g/mol. The van der Waals surface area contributed by atoms with Gasteiger partial charge in [-0.3, -0.25) is 14.5 Å². The van der Waals surface area contributed by atoms with Crippen molar-refractivity contribution in [2.45, 2.75) is 13.0 Å². The van der Waals surface area contributed by atoms with Crippen LogP contribution in [0.15, 0.2) is 66.2 Å². The fraction of sp³-hybridized carbons (Fsp3) is 0.241. The number of carbonyl (C=O) groups excluding carboxylic acids is 2. The largest absolute Gasteiger partial charge is 0.507 e. The highest BCUT2D eigenvalue weighted by Gasteiger charge is 2.47. The minimum absolute atomic E-state index is 0.0781. The first-order chi connectivity index (χ1) is 18.4. The number of aliphatic hydroxyl groups is 1. The normalized spacial score (nSPS) is 16.3. The molecule has 0 aliphatic carbocycles. The van der Waals surface area contributed by atoms with Crippen LogP contribution in [0, 0.1) is 0 Å². The van der Waals surface area contributed by atoms with Gasteiger partial charge in [-0.1, -0.05) is 6.07 Å². The number of rotatable bonds is 9. The average Bonchev–Trinajstić information content (AvgIpc) is 3.22. The van der Waals surface area contributed by atoms with Gasteiger partial charge in [0.2, 0.25) is 0 Å². The second-order valence-electron chi connectivity index (χ2n) is 8.28. The summed E-state index contributed by atoms with van der Waals surface area (Å²) in [6.45, 7) is 2.22. The lowest BCUT2D eigenvalue weighted by Gasteiger charge is -2.26. The molecule has 3 aromatic carbocycles. The number of amides is 1. The predicted molar refractivity (Wildman–Crippen MR) is 141 cm³/mol. The van der Waals surface area contributed by atoms with E-state index in [9.17, 15) is 14.7 Å². The van der Waals surface area contributed by atoms with E-state index in [0.29, 0.717) is 52.2 Å². The number of aliphatic hydroxyl groups excluding tert-OH is 1. The van der Waals surface area contributed by atoms with Crippen LogP contribution in [-0.4, -0.2) is 51.8 Å². The minimum atomic E-state index is -0.957. The van der Waals surface area contributed by atoms with Gasteiger partial charge in [0, 0.05) is 11.3 Å². The second-order valence-corrected chi connectivity index (χ2v) is 8.28. The minimum Gasteiger partial charge on any atom is -0.507 e. The van der Waals surface area contributed by atoms with E-state index in [1.54, 1.807) is 60.7 Å². The van der Waals surface area contributed by atoms with Crippen molar-refractivity contribution in [1.29, 1.82) is 0 Å². The SMILES string of the molecule is CCOc1cc(C2/C(=C(/O)c3ccc(OC)c(OC)c3)C(=O)C(=O)N2c2ccc(OC)cc2)ccc1OC. The Hall–Kier alpha value is -4.66. The number of hydrogen-bond acceptors (Lipinski definition) is 8. The molecule has 3 aromatic rings. The van der Waals surface area contributed by atoms with Crippen LogP contribution in [0.1, 0.15) is 24.1 Å². The van der Waals surface area contributed by atoms with Crippen molar-refractivity contribution in [3.8, 4) is 28.7 Å². The Bertz CT molecular complexity index is 1380. The lowest BCUT2D eigenvalue weighted by atomic mass is 9.94. The monoisotopic (exact) mass is 519 g/mol. The highest BCUT2D eigenvalue weighted by atomic mass is 16.5. The topological polar surface area (TPSA) is 104 Å². The molecular formula is C29H29NO8. The van der Waals surface area contributed by atoms with Crippen molar-refractivity contribution in [3.05, 3.63) is 77.4 Å². The Labute approximate surface area is 220 Å². The fourth-order valence-corrected chi connectivity index (χ4v) is 4.43. The van der Waals surface area contributed by atoms with Crippen LogP contribution in [0.2, 0.25) is 0 Å². The Balaban J connectivity index is 1.95. The van der Waals surface area contributed by atoms with Gasteiger partial charge < -0.3 is 28.8 Å². The van der Waals surface area contributed by atoms with E-state index >= 15 is 0 Å². The molecule has 0 radical (unpaired) electrons. The molecule has 0 bridgehead atoms. The number of ketones is 1. The number of Topliss-reactive ketones (excluding diaryl/α,β-unsaturated/α-hetero) is 1. The van der Waals surface area contributed by atoms with Crippen molar-refractivity contribution in [3.63, 3.8) is 0 Å². The van der Waals surface area contributed by atoms with Crippen LogP contribution in [0.4, 0.5) is 5.69 Å². The highest BCUT2D eigenvalue weighted by Crippen LogP contribution is 2.45. The molecule has 9 nitrogen and oxygen atoms in total. The number of anilines is 1. The van der Waals surface area contributed by atoms with Crippen LogP contribution < -0.4 is 28.6 Å². The smallest absolute Gasteiger partial charge is 0.300 e. The first-order valence-corrected chi connectivity index (χ1v) is 11.9. The van der Waals surface area contributed by atoms with Gasteiger partial charge >= 0.3 is 0 Å². The van der Waals surface area contributed by atoms with E-state index in [1.807, 2.05) is 6.92 Å². The maximum atomic E-state index is 13.5. The molecule has 1 aliphatic rings. The second kappa shape index (κ2) is 11.2. The van der Waals surface area contributed by atoms with Crippen molar-refractivity contribution >= 4 is 23.1 Å². The molecule has 0 aromatic heterocycles. The Morgan fingerprint density at radius 1 is 0.789 bits per heavy atom. The number of methoxy groups -OCH3 is 4. The quantitative estimate of drug-likeness (QED) is 0.246. The third-order valence-electron chi connectivity index (χ3n) is 6.26. The van der Waals surface area contributed by atoms with Gasteiger partial charge in [-0.25, -0.2) is 0 Å². The third-order valence-corrected chi connectivity index (χ3v) is 6.26. The molecule has 1 fully saturated rings. The summed E-state index contributed by atoms with van der Waals surface area (Å²) in [5.74, 6) is 0.393. The summed E-state index contributed by atoms with van der Waals surface area (Å²) in [5, 5.41) is 11.5. The predicted octanol–water partition coefficient (Wildman–Crippen LogP) is 4.75. The van der Waals surface area contributed by atoms with E-state index in [0.717, 1.165) is 0 Å². The zero-order chi connectivity index (χ0) is 27.4. The molecule has 1 unspecified atom stereocenters. The van der Waals surface area contributed by atoms with Crippen molar-refractivity contribution in [2.75, 3.05) is 39.9 Å². The summed E-state index contributed by atoms with van der Waals surface area (Å²) >= 11 is 0. The number of carbonyl (C=O) groups is 2. The van der Waals surface area contributed by atoms with Crippen LogP contribution in [0.25, 0.3) is 5.76 Å². The molecular weight excluding hydrogens is 490 g/mol. The number of nitrogens with zero attached hydrogens (tertiary/aromatic N) is 1. The van der Waals surface area contributed by atoms with Crippen molar-refractivity contribution in [2.24, 2.45) is 0 Å². The van der Waals surface area contributed by atoms with Gasteiger partial charge in [0.25, 0.3) is 11.7 Å². The van der Waals surface area contributed by atoms with Crippen LogP contribution in [0.5, 0.6) is 28.7 Å². The maximum absolute atomic E-state index is 13.5. The molecule has 0 spiro atoms. The first-order valence-electron chi connectivity index (χ1n) is 11.9. The lowest BCUT2D eigenvalue weighted by Crippen LogP contribution is -2.29. The highest BCUT2D eigenvalue weighted by molar-refractivity contribution is 6.51. The van der Waals surface area contributed by atoms with Gasteiger partial charge in [-0.05, 0) is 67.1 Å². The van der Waals surface area contributed by atoms with Gasteiger partial charge in [0.05, 0.1) is 46.7 Å².